The van der Waals surface area contributed by atoms with Crippen LogP contribution < -0.4 is 0 Å². The minimum absolute atomic E-state index is 0.00757. The first-order chi connectivity index (χ1) is 21.8. The highest BCUT2D eigenvalue weighted by atomic mass is 16.3. The summed E-state index contributed by atoms with van der Waals surface area (Å²) < 4.78 is 2.29. The van der Waals surface area contributed by atoms with E-state index in [9.17, 15) is 5.11 Å². The molecule has 0 aliphatic carbocycles. The topological polar surface area (TPSA) is 50.9 Å². The minimum atomic E-state index is -0.442. The number of nitrogens with zero attached hydrogens (tertiary/aromatic N) is 3. The van der Waals surface area contributed by atoms with Crippen LogP contribution >= 0.6 is 0 Å². The van der Waals surface area contributed by atoms with Crippen molar-refractivity contribution in [3.63, 3.8) is 0 Å². The zero-order valence-corrected chi connectivity index (χ0v) is 28.0. The van der Waals surface area contributed by atoms with Crippen LogP contribution in [0.2, 0.25) is 0 Å². The third-order valence-corrected chi connectivity index (χ3v) is 9.66. The van der Waals surface area contributed by atoms with Crippen molar-refractivity contribution in [2.45, 2.75) is 66.2 Å². The molecule has 0 atom stereocenters. The summed E-state index contributed by atoms with van der Waals surface area (Å²) in [6.45, 7) is 17.6. The Bertz CT molecular complexity index is 2290. The van der Waals surface area contributed by atoms with E-state index in [0.29, 0.717) is 5.52 Å². The molecule has 4 nitrogen and oxygen atoms in total. The maximum absolute atomic E-state index is 11.1. The van der Waals surface area contributed by atoms with Gasteiger partial charge < -0.3 is 5.11 Å². The first-order valence-corrected chi connectivity index (χ1v) is 16.1. The molecule has 0 aliphatic heterocycles. The third-order valence-electron chi connectivity index (χ3n) is 9.66. The normalized spacial score (nSPS) is 12.4. The summed E-state index contributed by atoms with van der Waals surface area (Å²) in [4.78, 5) is 10.0. The Morgan fingerprint density at radius 1 is 0.652 bits per heavy atom. The van der Waals surface area contributed by atoms with E-state index < -0.39 is 5.41 Å². The number of pyridine rings is 2. The van der Waals surface area contributed by atoms with Crippen LogP contribution in [-0.4, -0.2) is 19.6 Å². The SMILES string of the molecule is Cc1cc(C)c(-c2ccc(O)c3nc(C(C)(C)c4ccc5c6ccccc6n(-c6cc(C(C)(C)C)ccn6)c5c4)ccc23)c(C)c1. The van der Waals surface area contributed by atoms with Gasteiger partial charge in [-0.1, -0.05) is 88.7 Å². The molecule has 0 aliphatic rings. The number of rotatable bonds is 4. The summed E-state index contributed by atoms with van der Waals surface area (Å²) in [5, 5.41) is 14.4. The molecular weight excluding hydrogens is 562 g/mol. The van der Waals surface area contributed by atoms with Crippen molar-refractivity contribution >= 4 is 32.7 Å². The van der Waals surface area contributed by atoms with Crippen molar-refractivity contribution in [3.8, 4) is 22.7 Å². The average molecular weight is 604 g/mol. The van der Waals surface area contributed by atoms with Gasteiger partial charge in [-0.2, -0.15) is 0 Å². The zero-order chi connectivity index (χ0) is 32.5. The lowest BCUT2D eigenvalue weighted by molar-refractivity contribution is 0.480. The monoisotopic (exact) mass is 603 g/mol. The van der Waals surface area contributed by atoms with Crippen LogP contribution in [0.5, 0.6) is 5.75 Å². The summed E-state index contributed by atoms with van der Waals surface area (Å²) >= 11 is 0. The lowest BCUT2D eigenvalue weighted by atomic mass is 9.80. The van der Waals surface area contributed by atoms with Gasteiger partial charge in [0, 0.05) is 27.8 Å². The van der Waals surface area contributed by atoms with Crippen molar-refractivity contribution in [2.24, 2.45) is 0 Å². The third kappa shape index (κ3) is 4.75. The lowest BCUT2D eigenvalue weighted by Crippen LogP contribution is -2.20. The highest BCUT2D eigenvalue weighted by molar-refractivity contribution is 6.09. The second-order valence-corrected chi connectivity index (χ2v) is 14.4. The molecule has 0 saturated heterocycles. The molecule has 3 heterocycles. The number of aryl methyl sites for hydroxylation is 3. The number of hydrogen-bond acceptors (Lipinski definition) is 3. The number of aromatic hydroxyl groups is 1. The van der Waals surface area contributed by atoms with Gasteiger partial charge in [0.05, 0.1) is 16.7 Å². The van der Waals surface area contributed by atoms with Gasteiger partial charge in [0.15, 0.2) is 0 Å². The standard InChI is InChI=1S/C42H41N3O/c1-25-21-26(2)39(27(3)22-25)32-15-17-36(46)40-33(32)16-18-37(44-40)42(7,8)29-13-14-31-30-11-9-10-12-34(30)45(35(31)23-29)38-24-28(19-20-43-38)41(4,5)6/h9-24,46H,1-8H3. The second-order valence-electron chi connectivity index (χ2n) is 14.4. The molecule has 1 N–H and O–H groups in total. The van der Waals surface area contributed by atoms with Crippen molar-refractivity contribution in [2.75, 3.05) is 0 Å². The van der Waals surface area contributed by atoms with Crippen LogP contribution in [0, 0.1) is 20.8 Å². The fourth-order valence-corrected chi connectivity index (χ4v) is 7.13. The molecular formula is C42H41N3O. The van der Waals surface area contributed by atoms with Gasteiger partial charge >= 0.3 is 0 Å². The molecule has 0 saturated carbocycles. The number of hydrogen-bond donors (Lipinski definition) is 1. The fourth-order valence-electron chi connectivity index (χ4n) is 7.13. The molecule has 7 rings (SSSR count). The van der Waals surface area contributed by atoms with Gasteiger partial charge in [0.2, 0.25) is 0 Å². The first kappa shape index (κ1) is 29.7. The van der Waals surface area contributed by atoms with E-state index in [2.05, 4.69) is 139 Å². The van der Waals surface area contributed by atoms with E-state index in [1.807, 2.05) is 12.3 Å². The van der Waals surface area contributed by atoms with Crippen molar-refractivity contribution in [1.82, 2.24) is 14.5 Å². The van der Waals surface area contributed by atoms with Gasteiger partial charge in [-0.3, -0.25) is 4.57 Å². The fraction of sp³-hybridized carbons (Fsp3) is 0.238. The average Bonchev–Trinajstić information content (AvgIpc) is 3.35. The molecule has 0 unspecified atom stereocenters. The molecule has 0 radical (unpaired) electrons. The number of phenolic OH excluding ortho intramolecular Hbond substituents is 1. The Hall–Kier alpha value is -4.96. The Morgan fingerprint density at radius 3 is 2.09 bits per heavy atom. The molecule has 0 fully saturated rings. The van der Waals surface area contributed by atoms with Gasteiger partial charge in [-0.15, -0.1) is 0 Å². The Labute approximate surface area is 271 Å². The Kier molecular flexibility index (Phi) is 6.82. The molecule has 4 heteroatoms. The lowest BCUT2D eigenvalue weighted by Gasteiger charge is -2.26. The number of benzene rings is 4. The minimum Gasteiger partial charge on any atom is -0.506 e. The quantitative estimate of drug-likeness (QED) is 0.218. The maximum Gasteiger partial charge on any atom is 0.141 e. The summed E-state index contributed by atoms with van der Waals surface area (Å²) in [5.41, 5.74) is 11.7. The number of fused-ring (bicyclic) bond motifs is 4. The first-order valence-electron chi connectivity index (χ1n) is 16.1. The highest BCUT2D eigenvalue weighted by Crippen LogP contribution is 2.41. The molecule has 0 spiro atoms. The molecule has 4 aromatic carbocycles. The zero-order valence-electron chi connectivity index (χ0n) is 28.0. The van der Waals surface area contributed by atoms with Gasteiger partial charge in [0.1, 0.15) is 17.1 Å². The maximum atomic E-state index is 11.1. The van der Waals surface area contributed by atoms with E-state index in [-0.39, 0.29) is 11.2 Å². The van der Waals surface area contributed by atoms with E-state index in [4.69, 9.17) is 9.97 Å². The number of para-hydroxylation sites is 1. The van der Waals surface area contributed by atoms with Crippen LogP contribution in [-0.2, 0) is 10.8 Å². The van der Waals surface area contributed by atoms with Crippen LogP contribution in [0.3, 0.4) is 0 Å². The van der Waals surface area contributed by atoms with Crippen LogP contribution in [0.25, 0.3) is 49.7 Å². The summed E-state index contributed by atoms with van der Waals surface area (Å²) in [6.07, 6.45) is 1.92. The van der Waals surface area contributed by atoms with E-state index in [0.717, 1.165) is 39.1 Å². The molecule has 0 amide bonds. The predicted octanol–water partition coefficient (Wildman–Crippen LogP) is 10.6. The Balaban J connectivity index is 1.40. The molecule has 3 aromatic heterocycles. The van der Waals surface area contributed by atoms with Gasteiger partial charge in [0.25, 0.3) is 0 Å². The van der Waals surface area contributed by atoms with E-state index in [1.165, 1.54) is 38.6 Å². The summed E-state index contributed by atoms with van der Waals surface area (Å²) in [5.74, 6) is 1.11. The highest BCUT2D eigenvalue weighted by Gasteiger charge is 2.28. The van der Waals surface area contributed by atoms with Gasteiger partial charge in [-0.05, 0) is 102 Å². The number of phenols is 1. The predicted molar refractivity (Wildman–Crippen MR) is 192 cm³/mol. The molecule has 46 heavy (non-hydrogen) atoms. The van der Waals surface area contributed by atoms with Crippen molar-refractivity contribution in [1.29, 1.82) is 0 Å². The van der Waals surface area contributed by atoms with Crippen LogP contribution in [0.15, 0.2) is 97.2 Å². The van der Waals surface area contributed by atoms with Crippen molar-refractivity contribution in [3.05, 3.63) is 131 Å². The molecule has 230 valence electrons. The second kappa shape index (κ2) is 10.6. The number of aromatic nitrogens is 3. The summed E-state index contributed by atoms with van der Waals surface area (Å²) in [6, 6.07) is 32.1. The van der Waals surface area contributed by atoms with Crippen LogP contribution in [0.1, 0.15) is 68.1 Å². The van der Waals surface area contributed by atoms with E-state index in [1.54, 1.807) is 6.07 Å². The largest absolute Gasteiger partial charge is 0.506 e. The smallest absolute Gasteiger partial charge is 0.141 e. The molecule has 0 bridgehead atoms. The van der Waals surface area contributed by atoms with Gasteiger partial charge in [-0.25, -0.2) is 9.97 Å². The van der Waals surface area contributed by atoms with Crippen LogP contribution in [0.4, 0.5) is 0 Å². The van der Waals surface area contributed by atoms with E-state index >= 15 is 0 Å². The Morgan fingerprint density at radius 2 is 1.35 bits per heavy atom. The van der Waals surface area contributed by atoms with Crippen molar-refractivity contribution < 1.29 is 5.11 Å². The summed E-state index contributed by atoms with van der Waals surface area (Å²) in [7, 11) is 0. The molecule has 7 aromatic rings.